The van der Waals surface area contributed by atoms with E-state index in [9.17, 15) is 14.6 Å². The van der Waals surface area contributed by atoms with Crippen LogP contribution in [0, 0.1) is 5.82 Å². The quantitative estimate of drug-likeness (QED) is 0.485. The molecule has 5 rings (SSSR count). The Morgan fingerprint density at radius 2 is 2.06 bits per heavy atom. The number of hydrogen-bond donors (Lipinski definition) is 3. The topological polar surface area (TPSA) is 115 Å². The van der Waals surface area contributed by atoms with Gasteiger partial charge in [-0.05, 0) is 18.6 Å². The summed E-state index contributed by atoms with van der Waals surface area (Å²) in [5.41, 5.74) is 1.03. The molecule has 164 valence electrons. The maximum Gasteiger partial charge on any atom is 0.167 e. The van der Waals surface area contributed by atoms with Crippen LogP contribution in [0.15, 0.2) is 41.8 Å². The van der Waals surface area contributed by atoms with Crippen LogP contribution in [0.3, 0.4) is 0 Å². The highest BCUT2D eigenvalue weighted by atomic mass is 32.2. The van der Waals surface area contributed by atoms with E-state index in [1.54, 1.807) is 22.8 Å². The van der Waals surface area contributed by atoms with Crippen molar-refractivity contribution < 1.29 is 24.1 Å². The van der Waals surface area contributed by atoms with E-state index in [-0.39, 0.29) is 17.6 Å². The van der Waals surface area contributed by atoms with Crippen molar-refractivity contribution in [3.05, 3.63) is 42.7 Å². The van der Waals surface area contributed by atoms with Gasteiger partial charge < -0.3 is 25.0 Å². The van der Waals surface area contributed by atoms with Gasteiger partial charge in [0.15, 0.2) is 23.2 Å². The summed E-state index contributed by atoms with van der Waals surface area (Å²) >= 11 is 1.23. The third kappa shape index (κ3) is 3.99. The minimum absolute atomic E-state index is 0.151. The molecule has 0 aliphatic carbocycles. The van der Waals surface area contributed by atoms with Crippen LogP contribution in [0.25, 0.3) is 11.2 Å². The van der Waals surface area contributed by atoms with Gasteiger partial charge in [0.05, 0.1) is 25.1 Å². The largest absolute Gasteiger partial charge is 0.387 e. The molecule has 2 aliphatic heterocycles. The van der Waals surface area contributed by atoms with E-state index in [1.165, 1.54) is 30.5 Å². The summed E-state index contributed by atoms with van der Waals surface area (Å²) in [7, 11) is 0. The molecule has 1 aromatic carbocycles. The van der Waals surface area contributed by atoms with Gasteiger partial charge in [-0.1, -0.05) is 12.1 Å². The van der Waals surface area contributed by atoms with E-state index in [1.807, 2.05) is 0 Å². The molecule has 5 unspecified atom stereocenters. The third-order valence-corrected chi connectivity index (χ3v) is 6.62. The number of aliphatic hydroxyl groups is 2. The monoisotopic (exact) mass is 447 g/mol. The molecule has 0 bridgehead atoms. The highest BCUT2D eigenvalue weighted by molar-refractivity contribution is 7.99. The van der Waals surface area contributed by atoms with E-state index >= 15 is 0 Å². The number of halogens is 1. The lowest BCUT2D eigenvalue weighted by molar-refractivity contribution is -0.0289. The van der Waals surface area contributed by atoms with Crippen molar-refractivity contribution in [3.8, 4) is 0 Å². The third-order valence-electron chi connectivity index (χ3n) is 5.48. The number of fused-ring (bicyclic) bond motifs is 1. The Morgan fingerprint density at radius 1 is 1.19 bits per heavy atom. The second-order valence-electron chi connectivity index (χ2n) is 7.54. The number of imidazole rings is 1. The SMILES string of the molecule is OC1C(CSc2ccccc2F)OC(n2cnc3c(NC4CCOC4)ncnc32)C1O. The highest BCUT2D eigenvalue weighted by Gasteiger charge is 2.44. The molecule has 11 heteroatoms. The van der Waals surface area contributed by atoms with Crippen molar-refractivity contribution in [2.24, 2.45) is 0 Å². The maximum absolute atomic E-state index is 13.9. The molecular weight excluding hydrogens is 425 g/mol. The van der Waals surface area contributed by atoms with Crippen LogP contribution in [-0.4, -0.2) is 73.1 Å². The maximum atomic E-state index is 13.9. The van der Waals surface area contributed by atoms with Crippen LogP contribution in [0.2, 0.25) is 0 Å². The van der Waals surface area contributed by atoms with Crippen molar-refractivity contribution in [2.75, 3.05) is 24.3 Å². The van der Waals surface area contributed by atoms with Gasteiger partial charge in [0.25, 0.3) is 0 Å². The number of hydrogen-bond acceptors (Lipinski definition) is 9. The summed E-state index contributed by atoms with van der Waals surface area (Å²) < 4.78 is 26.8. The van der Waals surface area contributed by atoms with Crippen LogP contribution in [0.1, 0.15) is 12.6 Å². The van der Waals surface area contributed by atoms with Crippen molar-refractivity contribution in [2.45, 2.75) is 41.9 Å². The summed E-state index contributed by atoms with van der Waals surface area (Å²) in [6.07, 6.45) is -0.0506. The highest BCUT2D eigenvalue weighted by Crippen LogP contribution is 2.35. The minimum atomic E-state index is -1.18. The number of ether oxygens (including phenoxy) is 2. The molecule has 0 saturated carbocycles. The summed E-state index contributed by atoms with van der Waals surface area (Å²) in [5.74, 6) is 0.534. The van der Waals surface area contributed by atoms with Gasteiger partial charge in [0.2, 0.25) is 0 Å². The minimum Gasteiger partial charge on any atom is -0.387 e. The summed E-state index contributed by atoms with van der Waals surface area (Å²) in [6.45, 7) is 1.30. The molecule has 2 saturated heterocycles. The first-order chi connectivity index (χ1) is 15.1. The van der Waals surface area contributed by atoms with Gasteiger partial charge in [-0.15, -0.1) is 11.8 Å². The molecule has 0 radical (unpaired) electrons. The molecule has 3 N–H and O–H groups in total. The second-order valence-corrected chi connectivity index (χ2v) is 8.60. The van der Waals surface area contributed by atoms with Crippen molar-refractivity contribution in [1.82, 2.24) is 19.5 Å². The number of rotatable bonds is 6. The first kappa shape index (κ1) is 20.6. The van der Waals surface area contributed by atoms with E-state index < -0.39 is 24.5 Å². The van der Waals surface area contributed by atoms with Gasteiger partial charge in [-0.3, -0.25) is 4.57 Å². The zero-order valence-corrected chi connectivity index (χ0v) is 17.3. The molecule has 3 aromatic rings. The Labute approximate surface area is 181 Å². The summed E-state index contributed by atoms with van der Waals surface area (Å²) in [4.78, 5) is 13.5. The van der Waals surface area contributed by atoms with Crippen LogP contribution in [-0.2, 0) is 9.47 Å². The van der Waals surface area contributed by atoms with Crippen LogP contribution >= 0.6 is 11.8 Å². The second kappa shape index (κ2) is 8.67. The van der Waals surface area contributed by atoms with Crippen LogP contribution in [0.4, 0.5) is 10.2 Å². The van der Waals surface area contributed by atoms with Gasteiger partial charge in [-0.25, -0.2) is 19.3 Å². The van der Waals surface area contributed by atoms with Crippen molar-refractivity contribution >= 4 is 28.7 Å². The van der Waals surface area contributed by atoms with E-state index in [0.29, 0.717) is 35.1 Å². The molecule has 31 heavy (non-hydrogen) atoms. The summed E-state index contributed by atoms with van der Waals surface area (Å²) in [5, 5.41) is 24.5. The van der Waals surface area contributed by atoms with Gasteiger partial charge >= 0.3 is 0 Å². The molecule has 4 heterocycles. The van der Waals surface area contributed by atoms with Crippen molar-refractivity contribution in [1.29, 1.82) is 0 Å². The predicted molar refractivity (Wildman–Crippen MR) is 111 cm³/mol. The number of nitrogens with one attached hydrogen (secondary N) is 1. The summed E-state index contributed by atoms with van der Waals surface area (Å²) in [6, 6.07) is 6.56. The van der Waals surface area contributed by atoms with E-state index in [2.05, 4.69) is 20.3 Å². The molecule has 2 aromatic heterocycles. The Bertz CT molecular complexity index is 1060. The van der Waals surface area contributed by atoms with E-state index in [0.717, 1.165) is 6.42 Å². The fraction of sp³-hybridized carbons (Fsp3) is 0.450. The van der Waals surface area contributed by atoms with Crippen LogP contribution < -0.4 is 5.32 Å². The number of aromatic nitrogens is 4. The van der Waals surface area contributed by atoms with Gasteiger partial charge in [-0.2, -0.15) is 0 Å². The molecule has 2 fully saturated rings. The van der Waals surface area contributed by atoms with Gasteiger partial charge in [0, 0.05) is 17.3 Å². The molecule has 5 atom stereocenters. The number of aliphatic hydroxyl groups excluding tert-OH is 2. The fourth-order valence-electron chi connectivity index (χ4n) is 3.82. The first-order valence-electron chi connectivity index (χ1n) is 10.0. The first-order valence-corrected chi connectivity index (χ1v) is 11.0. The fourth-order valence-corrected chi connectivity index (χ4v) is 4.82. The lowest BCUT2D eigenvalue weighted by Crippen LogP contribution is -2.32. The Kier molecular flexibility index (Phi) is 5.76. The zero-order valence-electron chi connectivity index (χ0n) is 16.5. The van der Waals surface area contributed by atoms with E-state index in [4.69, 9.17) is 9.47 Å². The molecule has 2 aliphatic rings. The molecule has 0 amide bonds. The normalized spacial score (nSPS) is 28.4. The predicted octanol–water partition coefficient (Wildman–Crippen LogP) is 1.58. The number of thioether (sulfide) groups is 1. The zero-order chi connectivity index (χ0) is 21.4. The smallest absolute Gasteiger partial charge is 0.167 e. The Balaban J connectivity index is 1.34. The Morgan fingerprint density at radius 3 is 2.87 bits per heavy atom. The number of nitrogens with zero attached hydrogens (tertiary/aromatic N) is 4. The van der Waals surface area contributed by atoms with Gasteiger partial charge in [0.1, 0.15) is 24.4 Å². The average Bonchev–Trinajstić information content (AvgIpc) is 3.50. The van der Waals surface area contributed by atoms with Crippen LogP contribution in [0.5, 0.6) is 0 Å². The lowest BCUT2D eigenvalue weighted by Gasteiger charge is -2.17. The number of benzene rings is 1. The average molecular weight is 447 g/mol. The molecule has 9 nitrogen and oxygen atoms in total. The standard InChI is InChI=1S/C20H22FN5O4S/c21-12-3-1-2-4-14(12)31-8-13-16(27)17(28)20(30-13)26-10-24-15-18(22-9-23-19(15)26)25-11-5-6-29-7-11/h1-4,9-11,13,16-17,20,27-28H,5-8H2,(H,22,23,25). The molecule has 0 spiro atoms. The van der Waals surface area contributed by atoms with Crippen molar-refractivity contribution in [3.63, 3.8) is 0 Å². The number of anilines is 1. The lowest BCUT2D eigenvalue weighted by atomic mass is 10.1. The molecular formula is C20H22FN5O4S. The Hall–Kier alpha value is -2.31.